The molecule has 0 radical (unpaired) electrons. The van der Waals surface area contributed by atoms with E-state index in [0.29, 0.717) is 5.57 Å². The summed E-state index contributed by atoms with van der Waals surface area (Å²) in [6.07, 6.45) is 4.18. The van der Waals surface area contributed by atoms with Crippen LogP contribution in [0.5, 0.6) is 0 Å². The molecule has 2 atom stereocenters. The van der Waals surface area contributed by atoms with Gasteiger partial charge in [0, 0.05) is 11.5 Å². The zero-order valence-electron chi connectivity index (χ0n) is 10.6. The van der Waals surface area contributed by atoms with E-state index < -0.39 is 14.8 Å². The van der Waals surface area contributed by atoms with Crippen molar-refractivity contribution < 1.29 is 8.42 Å². The van der Waals surface area contributed by atoms with Crippen LogP contribution in [0.2, 0.25) is 0 Å². The summed E-state index contributed by atoms with van der Waals surface area (Å²) in [5.41, 5.74) is 1.49. The highest BCUT2D eigenvalue weighted by Crippen LogP contribution is 2.38. The number of allylic oxidation sites excluding steroid dienone is 3. The van der Waals surface area contributed by atoms with Crippen LogP contribution in [-0.4, -0.2) is 20.2 Å². The SMILES string of the molecule is CCC1=C(C#N)C(C)C(C)(S(=O)(=O)NC)C=C1. The number of nitrogens with one attached hydrogen (secondary N) is 1. The van der Waals surface area contributed by atoms with Gasteiger partial charge in [0.15, 0.2) is 0 Å². The average Bonchev–Trinajstić information content (AvgIpc) is 2.32. The quantitative estimate of drug-likeness (QED) is 0.833. The molecule has 0 heterocycles. The van der Waals surface area contributed by atoms with Crippen molar-refractivity contribution in [2.45, 2.75) is 31.9 Å². The first kappa shape index (κ1) is 13.9. The second-order valence-corrected chi connectivity index (χ2v) is 6.65. The molecule has 2 unspecified atom stereocenters. The highest BCUT2D eigenvalue weighted by Gasteiger charge is 2.45. The summed E-state index contributed by atoms with van der Waals surface area (Å²) in [7, 11) is -2.07. The molecule has 1 rings (SSSR count). The standard InChI is InChI=1S/C12H18N2O2S/c1-5-10-6-7-12(3,17(15,16)14-4)9(2)11(10)8-13/h6-7,9,14H,5H2,1-4H3. The lowest BCUT2D eigenvalue weighted by atomic mass is 9.80. The van der Waals surface area contributed by atoms with Crippen LogP contribution in [0.15, 0.2) is 23.3 Å². The van der Waals surface area contributed by atoms with E-state index in [1.165, 1.54) is 7.05 Å². The van der Waals surface area contributed by atoms with Crippen LogP contribution in [0.3, 0.4) is 0 Å². The van der Waals surface area contributed by atoms with Gasteiger partial charge >= 0.3 is 0 Å². The Morgan fingerprint density at radius 3 is 2.59 bits per heavy atom. The Hall–Kier alpha value is -1.12. The first-order valence-electron chi connectivity index (χ1n) is 5.59. The molecule has 0 spiro atoms. The summed E-state index contributed by atoms with van der Waals surface area (Å²) in [5, 5.41) is 9.18. The third kappa shape index (κ3) is 2.03. The Balaban J connectivity index is 3.37. The highest BCUT2D eigenvalue weighted by molar-refractivity contribution is 7.91. The van der Waals surface area contributed by atoms with Crippen molar-refractivity contribution in [3.8, 4) is 6.07 Å². The minimum absolute atomic E-state index is 0.343. The van der Waals surface area contributed by atoms with Crippen LogP contribution in [0.4, 0.5) is 0 Å². The molecule has 1 N–H and O–H groups in total. The molecule has 1 aliphatic rings. The van der Waals surface area contributed by atoms with Crippen molar-refractivity contribution in [1.29, 1.82) is 5.26 Å². The van der Waals surface area contributed by atoms with Crippen molar-refractivity contribution in [2.75, 3.05) is 7.05 Å². The van der Waals surface area contributed by atoms with Crippen LogP contribution < -0.4 is 4.72 Å². The number of sulfonamides is 1. The van der Waals surface area contributed by atoms with Gasteiger partial charge in [-0.2, -0.15) is 5.26 Å². The molecule has 0 fully saturated rings. The predicted octanol–water partition coefficient (Wildman–Crippen LogP) is 1.73. The number of nitriles is 1. The predicted molar refractivity (Wildman–Crippen MR) is 67.6 cm³/mol. The molecule has 0 saturated carbocycles. The molecule has 17 heavy (non-hydrogen) atoms. The maximum Gasteiger partial charge on any atom is 0.221 e. The summed E-state index contributed by atoms with van der Waals surface area (Å²) in [6.45, 7) is 5.38. The molecule has 0 aromatic carbocycles. The van der Waals surface area contributed by atoms with E-state index >= 15 is 0 Å². The van der Waals surface area contributed by atoms with Gasteiger partial charge in [0.2, 0.25) is 10.0 Å². The maximum absolute atomic E-state index is 12.0. The van der Waals surface area contributed by atoms with Gasteiger partial charge in [-0.05, 0) is 26.0 Å². The van der Waals surface area contributed by atoms with E-state index in [9.17, 15) is 13.7 Å². The lowest BCUT2D eigenvalue weighted by molar-refractivity contribution is 0.495. The van der Waals surface area contributed by atoms with Gasteiger partial charge in [0.25, 0.3) is 0 Å². The van der Waals surface area contributed by atoms with Crippen molar-refractivity contribution in [3.63, 3.8) is 0 Å². The van der Waals surface area contributed by atoms with Crippen LogP contribution in [0, 0.1) is 17.2 Å². The maximum atomic E-state index is 12.0. The van der Waals surface area contributed by atoms with Gasteiger partial charge in [-0.1, -0.05) is 26.0 Å². The topological polar surface area (TPSA) is 70.0 Å². The summed E-state index contributed by atoms with van der Waals surface area (Å²) in [5.74, 6) is -0.343. The zero-order chi connectivity index (χ0) is 13.3. The smallest absolute Gasteiger partial charge is 0.218 e. The molecular weight excluding hydrogens is 236 g/mol. The highest BCUT2D eigenvalue weighted by atomic mass is 32.2. The van der Waals surface area contributed by atoms with Crippen molar-refractivity contribution in [3.05, 3.63) is 23.3 Å². The Kier molecular flexibility index (Phi) is 3.80. The second kappa shape index (κ2) is 4.63. The molecule has 0 amide bonds. The molecule has 94 valence electrons. The van der Waals surface area contributed by atoms with Gasteiger partial charge in [0.1, 0.15) is 4.75 Å². The molecule has 0 aliphatic heterocycles. The second-order valence-electron chi connectivity index (χ2n) is 4.35. The van der Waals surface area contributed by atoms with Gasteiger partial charge in [-0.3, -0.25) is 0 Å². The minimum Gasteiger partial charge on any atom is -0.218 e. The first-order valence-corrected chi connectivity index (χ1v) is 7.07. The summed E-state index contributed by atoms with van der Waals surface area (Å²) in [6, 6.07) is 2.14. The molecule has 0 bridgehead atoms. The van der Waals surface area contributed by atoms with Crippen LogP contribution in [0.1, 0.15) is 27.2 Å². The van der Waals surface area contributed by atoms with Crippen LogP contribution >= 0.6 is 0 Å². The average molecular weight is 254 g/mol. The van der Waals surface area contributed by atoms with Crippen LogP contribution in [-0.2, 0) is 10.0 Å². The number of rotatable bonds is 3. The van der Waals surface area contributed by atoms with E-state index in [1.807, 2.05) is 6.92 Å². The summed E-state index contributed by atoms with van der Waals surface area (Å²) >= 11 is 0. The van der Waals surface area contributed by atoms with Crippen molar-refractivity contribution in [1.82, 2.24) is 4.72 Å². The van der Waals surface area contributed by atoms with Gasteiger partial charge in [-0.15, -0.1) is 0 Å². The molecule has 0 saturated heterocycles. The number of hydrogen-bond donors (Lipinski definition) is 1. The third-order valence-electron chi connectivity index (χ3n) is 3.60. The largest absolute Gasteiger partial charge is 0.221 e. The number of hydrogen-bond acceptors (Lipinski definition) is 3. The Morgan fingerprint density at radius 1 is 1.59 bits per heavy atom. The fraction of sp³-hybridized carbons (Fsp3) is 0.583. The molecule has 0 aromatic rings. The number of nitrogens with zero attached hydrogens (tertiary/aromatic N) is 1. The van der Waals surface area contributed by atoms with E-state index in [1.54, 1.807) is 26.0 Å². The Labute approximate surface area is 103 Å². The molecule has 4 nitrogen and oxygen atoms in total. The van der Waals surface area contributed by atoms with Crippen LogP contribution in [0.25, 0.3) is 0 Å². The first-order chi connectivity index (χ1) is 7.84. The Morgan fingerprint density at radius 2 is 2.18 bits per heavy atom. The van der Waals surface area contributed by atoms with Gasteiger partial charge in [-0.25, -0.2) is 13.1 Å². The van der Waals surface area contributed by atoms with Gasteiger partial charge in [0.05, 0.1) is 6.07 Å². The third-order valence-corrected chi connectivity index (χ3v) is 5.79. The van der Waals surface area contributed by atoms with Crippen molar-refractivity contribution in [2.24, 2.45) is 5.92 Å². The van der Waals surface area contributed by atoms with E-state index in [2.05, 4.69) is 10.8 Å². The lowest BCUT2D eigenvalue weighted by Gasteiger charge is -2.35. The van der Waals surface area contributed by atoms with E-state index in [0.717, 1.165) is 12.0 Å². The lowest BCUT2D eigenvalue weighted by Crippen LogP contribution is -2.47. The van der Waals surface area contributed by atoms with E-state index in [4.69, 9.17) is 0 Å². The monoisotopic (exact) mass is 254 g/mol. The molecule has 0 aromatic heterocycles. The van der Waals surface area contributed by atoms with E-state index in [-0.39, 0.29) is 5.92 Å². The Bertz CT molecular complexity index is 511. The molecule has 1 aliphatic carbocycles. The zero-order valence-corrected chi connectivity index (χ0v) is 11.4. The molecular formula is C12H18N2O2S. The summed E-state index contributed by atoms with van der Waals surface area (Å²) in [4.78, 5) is 0. The summed E-state index contributed by atoms with van der Waals surface area (Å²) < 4.78 is 25.4. The fourth-order valence-electron chi connectivity index (χ4n) is 2.08. The normalized spacial score (nSPS) is 29.2. The fourth-order valence-corrected chi connectivity index (χ4v) is 3.35. The minimum atomic E-state index is -3.47. The van der Waals surface area contributed by atoms with Crippen molar-refractivity contribution >= 4 is 10.0 Å². The molecule has 5 heteroatoms. The van der Waals surface area contributed by atoms with Gasteiger partial charge < -0.3 is 0 Å².